The monoisotopic (exact) mass is 662 g/mol. The molecule has 32 heavy (non-hydrogen) atoms. The van der Waals surface area contributed by atoms with Crippen molar-refractivity contribution < 1.29 is 33.8 Å². The first kappa shape index (κ1) is 24.0. The Morgan fingerprint density at radius 1 is 1.09 bits per heavy atom. The number of carboxylic acids is 1. The van der Waals surface area contributed by atoms with Crippen LogP contribution in [0.3, 0.4) is 0 Å². The fraction of sp³-hybridized carbons (Fsp3) is 0.143. The Labute approximate surface area is 210 Å². The van der Waals surface area contributed by atoms with Gasteiger partial charge < -0.3 is 14.6 Å². The minimum Gasteiger partial charge on any atom is -0.494 e. The predicted molar refractivity (Wildman–Crippen MR) is 132 cm³/mol. The molecule has 11 heteroatoms. The summed E-state index contributed by atoms with van der Waals surface area (Å²) in [5.74, 6) is -1.70. The predicted octanol–water partition coefficient (Wildman–Crippen LogP) is 3.42. The number of nitrogens with one attached hydrogen (secondary N) is 1. The van der Waals surface area contributed by atoms with Gasteiger partial charge in [-0.1, -0.05) is 0 Å². The number of carbonyl (C=O) groups is 4. The molecule has 0 spiro atoms. The maximum atomic E-state index is 13.0. The lowest BCUT2D eigenvalue weighted by Gasteiger charge is -2.26. The lowest BCUT2D eigenvalue weighted by Crippen LogP contribution is -2.54. The summed E-state index contributed by atoms with van der Waals surface area (Å²) >= 11 is 3.95. The van der Waals surface area contributed by atoms with Gasteiger partial charge >= 0.3 is 12.0 Å². The Hall–Kier alpha value is -2.68. The summed E-state index contributed by atoms with van der Waals surface area (Å²) in [5.41, 5.74) is 0.584. The van der Waals surface area contributed by atoms with E-state index in [-0.39, 0.29) is 11.3 Å². The Balaban J connectivity index is 1.93. The van der Waals surface area contributed by atoms with Crippen LogP contribution in [0.5, 0.6) is 11.5 Å². The van der Waals surface area contributed by atoms with Crippen molar-refractivity contribution in [2.24, 2.45) is 0 Å². The highest BCUT2D eigenvalue weighted by molar-refractivity contribution is 14.1. The summed E-state index contributed by atoms with van der Waals surface area (Å²) in [4.78, 5) is 49.4. The van der Waals surface area contributed by atoms with Gasteiger partial charge in [0.15, 0.2) is 6.61 Å². The fourth-order valence-electron chi connectivity index (χ4n) is 2.85. The molecule has 0 atom stereocenters. The molecule has 2 N–H and O–H groups in total. The van der Waals surface area contributed by atoms with Crippen LogP contribution in [0.4, 0.5) is 10.5 Å². The molecule has 1 aliphatic rings. The van der Waals surface area contributed by atoms with Crippen LogP contribution in [0.25, 0.3) is 6.08 Å². The fourth-order valence-corrected chi connectivity index (χ4v) is 4.98. The molecule has 1 aliphatic heterocycles. The lowest BCUT2D eigenvalue weighted by molar-refractivity contribution is -0.139. The second-order valence-corrected chi connectivity index (χ2v) is 8.71. The molecule has 2 aromatic rings. The van der Waals surface area contributed by atoms with Crippen LogP contribution in [0.2, 0.25) is 0 Å². The molecule has 0 aromatic heterocycles. The third kappa shape index (κ3) is 5.38. The van der Waals surface area contributed by atoms with Gasteiger partial charge in [-0.25, -0.2) is 14.5 Å². The van der Waals surface area contributed by atoms with Gasteiger partial charge in [0.05, 0.1) is 19.4 Å². The van der Waals surface area contributed by atoms with E-state index < -0.39 is 30.4 Å². The van der Waals surface area contributed by atoms with Gasteiger partial charge in [0.2, 0.25) is 0 Å². The van der Waals surface area contributed by atoms with Crippen LogP contribution < -0.4 is 19.7 Å². The highest BCUT2D eigenvalue weighted by Gasteiger charge is 2.36. The number of urea groups is 1. The second-order valence-electron chi connectivity index (χ2n) is 6.38. The standard InChI is InChI=1S/C21H16I2N2O7/c1-2-31-13-5-3-12(4-6-13)25-20(29)14(19(28)24-21(25)30)7-11-8-15(22)18(16(23)9-11)32-10-17(26)27/h3-9H,2,10H2,1H3,(H,26,27)(H,24,28,30)/b14-7+. The van der Waals surface area contributed by atoms with E-state index in [9.17, 15) is 19.2 Å². The van der Waals surface area contributed by atoms with E-state index in [1.54, 1.807) is 36.4 Å². The van der Waals surface area contributed by atoms with E-state index in [1.807, 2.05) is 52.1 Å². The molecule has 0 aliphatic carbocycles. The zero-order valence-corrected chi connectivity index (χ0v) is 20.9. The number of benzene rings is 2. The molecule has 9 nitrogen and oxygen atoms in total. The largest absolute Gasteiger partial charge is 0.494 e. The van der Waals surface area contributed by atoms with Gasteiger partial charge in [0.1, 0.15) is 17.1 Å². The third-order valence-corrected chi connectivity index (χ3v) is 5.78. The van der Waals surface area contributed by atoms with Gasteiger partial charge in [-0.15, -0.1) is 0 Å². The molecule has 0 unspecified atom stereocenters. The number of nitrogens with zero attached hydrogens (tertiary/aromatic N) is 1. The van der Waals surface area contributed by atoms with E-state index in [0.29, 0.717) is 30.8 Å². The molecular formula is C21H16I2N2O7. The van der Waals surface area contributed by atoms with Crippen molar-refractivity contribution in [1.82, 2.24) is 5.32 Å². The minimum atomic E-state index is -1.11. The van der Waals surface area contributed by atoms with Crippen molar-refractivity contribution in [2.75, 3.05) is 18.1 Å². The van der Waals surface area contributed by atoms with Crippen LogP contribution in [-0.2, 0) is 14.4 Å². The molecule has 2 aromatic carbocycles. The van der Waals surface area contributed by atoms with Crippen molar-refractivity contribution in [3.05, 3.63) is 54.7 Å². The highest BCUT2D eigenvalue weighted by atomic mass is 127. The number of amides is 4. The Kier molecular flexibility index (Phi) is 7.71. The van der Waals surface area contributed by atoms with Crippen molar-refractivity contribution >= 4 is 80.8 Å². The molecule has 4 amide bonds. The average molecular weight is 662 g/mol. The molecule has 1 heterocycles. The van der Waals surface area contributed by atoms with E-state index in [1.165, 1.54) is 6.08 Å². The molecular weight excluding hydrogens is 646 g/mol. The van der Waals surface area contributed by atoms with Crippen molar-refractivity contribution in [2.45, 2.75) is 6.92 Å². The van der Waals surface area contributed by atoms with Crippen molar-refractivity contribution in [3.8, 4) is 11.5 Å². The van der Waals surface area contributed by atoms with Crippen molar-refractivity contribution in [3.63, 3.8) is 0 Å². The number of carbonyl (C=O) groups excluding carboxylic acids is 3. The van der Waals surface area contributed by atoms with E-state index in [4.69, 9.17) is 14.6 Å². The smallest absolute Gasteiger partial charge is 0.341 e. The number of carboxylic acid groups (broad SMARTS) is 1. The topological polar surface area (TPSA) is 122 Å². The normalized spacial score (nSPS) is 15.0. The summed E-state index contributed by atoms with van der Waals surface area (Å²) in [5, 5.41) is 11.0. The number of hydrogen-bond acceptors (Lipinski definition) is 6. The van der Waals surface area contributed by atoms with Gasteiger partial charge in [0, 0.05) is 0 Å². The van der Waals surface area contributed by atoms with Gasteiger partial charge in [-0.2, -0.15) is 0 Å². The second kappa shape index (κ2) is 10.3. The molecule has 3 rings (SSSR count). The SMILES string of the molecule is CCOc1ccc(N2C(=O)NC(=O)/C(=C\c3cc(I)c(OCC(=O)O)c(I)c3)C2=O)cc1. The molecule has 0 bridgehead atoms. The summed E-state index contributed by atoms with van der Waals surface area (Å²) in [7, 11) is 0. The molecule has 166 valence electrons. The Bertz CT molecular complexity index is 1110. The Morgan fingerprint density at radius 3 is 2.28 bits per heavy atom. The van der Waals surface area contributed by atoms with Gasteiger partial charge in [0.25, 0.3) is 11.8 Å². The number of imide groups is 2. The van der Waals surface area contributed by atoms with E-state index in [2.05, 4.69) is 5.32 Å². The average Bonchev–Trinajstić information content (AvgIpc) is 2.71. The van der Waals surface area contributed by atoms with E-state index in [0.717, 1.165) is 4.90 Å². The van der Waals surface area contributed by atoms with Crippen LogP contribution >= 0.6 is 45.2 Å². The number of aliphatic carboxylic acids is 1. The first-order chi connectivity index (χ1) is 15.2. The number of anilines is 1. The first-order valence-corrected chi connectivity index (χ1v) is 11.3. The lowest BCUT2D eigenvalue weighted by atomic mass is 10.1. The number of rotatable bonds is 7. The van der Waals surface area contributed by atoms with Gasteiger partial charge in [-0.3, -0.25) is 14.9 Å². The van der Waals surface area contributed by atoms with Crippen molar-refractivity contribution in [1.29, 1.82) is 0 Å². The van der Waals surface area contributed by atoms with Crippen LogP contribution in [0.1, 0.15) is 12.5 Å². The minimum absolute atomic E-state index is 0.218. The summed E-state index contributed by atoms with van der Waals surface area (Å²) in [6.45, 7) is 1.82. The molecule has 0 saturated carbocycles. The Morgan fingerprint density at radius 2 is 1.72 bits per heavy atom. The summed E-state index contributed by atoms with van der Waals surface area (Å²) in [6, 6.07) is 8.80. The molecule has 1 saturated heterocycles. The number of barbiturate groups is 1. The molecule has 0 radical (unpaired) electrons. The maximum Gasteiger partial charge on any atom is 0.341 e. The maximum absolute atomic E-state index is 13.0. The number of hydrogen-bond donors (Lipinski definition) is 2. The van der Waals surface area contributed by atoms with Gasteiger partial charge in [-0.05, 0) is 100 Å². The third-order valence-electron chi connectivity index (χ3n) is 4.18. The van der Waals surface area contributed by atoms with Crippen LogP contribution in [0, 0.1) is 7.14 Å². The first-order valence-electron chi connectivity index (χ1n) is 9.19. The van der Waals surface area contributed by atoms with E-state index >= 15 is 0 Å². The zero-order valence-electron chi connectivity index (χ0n) is 16.6. The highest BCUT2D eigenvalue weighted by Crippen LogP contribution is 2.31. The van der Waals surface area contributed by atoms with Crippen LogP contribution in [-0.4, -0.2) is 42.1 Å². The van der Waals surface area contributed by atoms with Crippen LogP contribution in [0.15, 0.2) is 42.0 Å². The summed E-state index contributed by atoms with van der Waals surface area (Å²) in [6.07, 6.45) is 1.37. The number of halogens is 2. The quantitative estimate of drug-likeness (QED) is 0.265. The summed E-state index contributed by atoms with van der Waals surface area (Å²) < 4.78 is 11.9. The number of ether oxygens (including phenoxy) is 2. The molecule has 1 fully saturated rings. The zero-order chi connectivity index (χ0) is 23.4.